The number of carboxylic acids is 1. The van der Waals surface area contributed by atoms with E-state index in [9.17, 15) is 14.7 Å². The highest BCUT2D eigenvalue weighted by atomic mass is 16.5. The van der Waals surface area contributed by atoms with E-state index in [2.05, 4.69) is 19.2 Å². The number of carbonyl (C=O) groups is 2. The van der Waals surface area contributed by atoms with Gasteiger partial charge in [-0.1, -0.05) is 20.8 Å². The van der Waals surface area contributed by atoms with E-state index in [4.69, 9.17) is 4.74 Å². The summed E-state index contributed by atoms with van der Waals surface area (Å²) in [6.45, 7) is 8.02. The molecule has 6 nitrogen and oxygen atoms in total. The SMILES string of the molecule is CCC1(C(=O)O)CCN(C(=O)NCC(C)(C)CCOC)C1. The molecule has 0 aromatic rings. The van der Waals surface area contributed by atoms with Crippen molar-refractivity contribution in [2.75, 3.05) is 33.4 Å². The molecule has 0 aromatic heterocycles. The van der Waals surface area contributed by atoms with Crippen LogP contribution in [0.2, 0.25) is 0 Å². The number of nitrogens with zero attached hydrogens (tertiary/aromatic N) is 1. The Labute approximate surface area is 126 Å². The van der Waals surface area contributed by atoms with Crippen LogP contribution < -0.4 is 5.32 Å². The summed E-state index contributed by atoms with van der Waals surface area (Å²) in [6, 6.07) is -0.169. The number of nitrogens with one attached hydrogen (secondary N) is 1. The van der Waals surface area contributed by atoms with E-state index in [1.54, 1.807) is 12.0 Å². The minimum Gasteiger partial charge on any atom is -0.481 e. The lowest BCUT2D eigenvalue weighted by atomic mass is 9.84. The fourth-order valence-corrected chi connectivity index (χ4v) is 2.55. The molecular formula is C15H28N2O4. The topological polar surface area (TPSA) is 78.9 Å². The molecule has 6 heteroatoms. The first kappa shape index (κ1) is 17.8. The molecule has 1 saturated heterocycles. The predicted molar refractivity (Wildman–Crippen MR) is 80.2 cm³/mol. The molecule has 1 aliphatic heterocycles. The highest BCUT2D eigenvalue weighted by molar-refractivity contribution is 5.79. The zero-order chi connectivity index (χ0) is 16.1. The van der Waals surface area contributed by atoms with Gasteiger partial charge in [-0.25, -0.2) is 4.79 Å². The third-order valence-electron chi connectivity index (χ3n) is 4.47. The van der Waals surface area contributed by atoms with Crippen molar-refractivity contribution in [1.82, 2.24) is 10.2 Å². The largest absolute Gasteiger partial charge is 0.481 e. The maximum Gasteiger partial charge on any atom is 0.317 e. The van der Waals surface area contributed by atoms with Crippen molar-refractivity contribution in [3.05, 3.63) is 0 Å². The van der Waals surface area contributed by atoms with E-state index in [1.807, 2.05) is 6.92 Å². The highest BCUT2D eigenvalue weighted by Crippen LogP contribution is 2.34. The monoisotopic (exact) mass is 300 g/mol. The van der Waals surface area contributed by atoms with E-state index >= 15 is 0 Å². The Bertz CT molecular complexity index is 384. The summed E-state index contributed by atoms with van der Waals surface area (Å²) < 4.78 is 5.06. The highest BCUT2D eigenvalue weighted by Gasteiger charge is 2.44. The molecule has 2 amide bonds. The number of hydrogen-bond donors (Lipinski definition) is 2. The Hall–Kier alpha value is -1.30. The van der Waals surface area contributed by atoms with Gasteiger partial charge in [0.15, 0.2) is 0 Å². The van der Waals surface area contributed by atoms with Crippen molar-refractivity contribution in [3.8, 4) is 0 Å². The standard InChI is InChI=1S/C15H28N2O4/c1-5-15(12(18)19)6-8-17(11-15)13(20)16-10-14(2,3)7-9-21-4/h5-11H2,1-4H3,(H,16,20)(H,18,19). The molecule has 0 radical (unpaired) electrons. The minimum absolute atomic E-state index is 0.0416. The Morgan fingerprint density at radius 2 is 2.10 bits per heavy atom. The number of ether oxygens (including phenoxy) is 1. The van der Waals surface area contributed by atoms with Crippen molar-refractivity contribution >= 4 is 12.0 Å². The first-order valence-corrected chi connectivity index (χ1v) is 7.51. The third-order valence-corrected chi connectivity index (χ3v) is 4.47. The van der Waals surface area contributed by atoms with E-state index in [1.165, 1.54) is 0 Å². The van der Waals surface area contributed by atoms with E-state index in [0.29, 0.717) is 39.1 Å². The van der Waals surface area contributed by atoms with Gasteiger partial charge >= 0.3 is 12.0 Å². The molecular weight excluding hydrogens is 272 g/mol. The number of rotatable bonds is 7. The summed E-state index contributed by atoms with van der Waals surface area (Å²) in [6.07, 6.45) is 1.93. The quantitative estimate of drug-likeness (QED) is 0.753. The molecule has 1 aliphatic rings. The number of aliphatic carboxylic acids is 1. The van der Waals surface area contributed by atoms with Crippen molar-refractivity contribution in [2.24, 2.45) is 10.8 Å². The van der Waals surface area contributed by atoms with E-state index < -0.39 is 11.4 Å². The Balaban J connectivity index is 2.49. The molecule has 122 valence electrons. The van der Waals surface area contributed by atoms with Crippen LogP contribution in [-0.2, 0) is 9.53 Å². The van der Waals surface area contributed by atoms with Gasteiger partial charge in [0, 0.05) is 33.4 Å². The summed E-state index contributed by atoms with van der Waals surface area (Å²) in [4.78, 5) is 25.2. The van der Waals surface area contributed by atoms with Gasteiger partial charge in [0.1, 0.15) is 0 Å². The second-order valence-corrected chi connectivity index (χ2v) is 6.68. The van der Waals surface area contributed by atoms with Crippen LogP contribution >= 0.6 is 0 Å². The average Bonchev–Trinajstić information content (AvgIpc) is 2.89. The average molecular weight is 300 g/mol. The molecule has 0 bridgehead atoms. The van der Waals surface area contributed by atoms with E-state index in [-0.39, 0.29) is 11.4 Å². The molecule has 2 N–H and O–H groups in total. The zero-order valence-electron chi connectivity index (χ0n) is 13.6. The minimum atomic E-state index is -0.805. The van der Waals surface area contributed by atoms with Gasteiger partial charge in [0.05, 0.1) is 5.41 Å². The van der Waals surface area contributed by atoms with Crippen molar-refractivity contribution in [3.63, 3.8) is 0 Å². The molecule has 21 heavy (non-hydrogen) atoms. The van der Waals surface area contributed by atoms with E-state index in [0.717, 1.165) is 6.42 Å². The van der Waals surface area contributed by atoms with Gasteiger partial charge < -0.3 is 20.1 Å². The fraction of sp³-hybridized carbons (Fsp3) is 0.867. The number of likely N-dealkylation sites (tertiary alicyclic amines) is 1. The van der Waals surface area contributed by atoms with Crippen LogP contribution in [-0.4, -0.2) is 55.4 Å². The van der Waals surface area contributed by atoms with Gasteiger partial charge in [-0.3, -0.25) is 4.79 Å². The van der Waals surface area contributed by atoms with Crippen LogP contribution in [0, 0.1) is 10.8 Å². The molecule has 0 saturated carbocycles. The second kappa shape index (κ2) is 7.11. The maximum atomic E-state index is 12.2. The first-order valence-electron chi connectivity index (χ1n) is 7.51. The maximum absolute atomic E-state index is 12.2. The summed E-state index contributed by atoms with van der Waals surface area (Å²) in [5.74, 6) is -0.805. The van der Waals surface area contributed by atoms with Crippen LogP contribution in [0.5, 0.6) is 0 Å². The lowest BCUT2D eigenvalue weighted by Gasteiger charge is -2.27. The fourth-order valence-electron chi connectivity index (χ4n) is 2.55. The summed E-state index contributed by atoms with van der Waals surface area (Å²) >= 11 is 0. The molecule has 0 aromatic carbocycles. The molecule has 1 fully saturated rings. The summed E-state index contributed by atoms with van der Waals surface area (Å²) in [5, 5.41) is 12.3. The van der Waals surface area contributed by atoms with Gasteiger partial charge in [-0.05, 0) is 24.7 Å². The smallest absolute Gasteiger partial charge is 0.317 e. The van der Waals surface area contributed by atoms with Crippen LogP contribution in [0.1, 0.15) is 40.0 Å². The number of amides is 2. The lowest BCUT2D eigenvalue weighted by molar-refractivity contribution is -0.148. The Morgan fingerprint density at radius 3 is 2.57 bits per heavy atom. The molecule has 1 heterocycles. The molecule has 1 unspecified atom stereocenters. The molecule has 0 aliphatic carbocycles. The van der Waals surface area contributed by atoms with Gasteiger partial charge in [0.25, 0.3) is 0 Å². The molecule has 0 spiro atoms. The molecule has 1 rings (SSSR count). The van der Waals surface area contributed by atoms with Crippen molar-refractivity contribution in [1.29, 1.82) is 0 Å². The summed E-state index contributed by atoms with van der Waals surface area (Å²) in [7, 11) is 1.66. The number of carbonyl (C=O) groups excluding carboxylic acids is 1. The van der Waals surface area contributed by atoms with Crippen LogP contribution in [0.4, 0.5) is 4.79 Å². The normalized spacial score (nSPS) is 22.4. The van der Waals surface area contributed by atoms with Crippen LogP contribution in [0.15, 0.2) is 0 Å². The Kier molecular flexibility index (Phi) is 6.01. The van der Waals surface area contributed by atoms with Gasteiger partial charge in [0.2, 0.25) is 0 Å². The summed E-state index contributed by atoms with van der Waals surface area (Å²) in [5.41, 5.74) is -0.817. The zero-order valence-corrected chi connectivity index (χ0v) is 13.6. The Morgan fingerprint density at radius 1 is 1.43 bits per heavy atom. The number of urea groups is 1. The first-order chi connectivity index (χ1) is 9.76. The van der Waals surface area contributed by atoms with Crippen molar-refractivity contribution in [2.45, 2.75) is 40.0 Å². The third kappa shape index (κ3) is 4.59. The predicted octanol–water partition coefficient (Wildman–Crippen LogP) is 1.95. The lowest BCUT2D eigenvalue weighted by Crippen LogP contribution is -2.44. The second-order valence-electron chi connectivity index (χ2n) is 6.68. The number of carboxylic acid groups (broad SMARTS) is 1. The molecule has 1 atom stereocenters. The van der Waals surface area contributed by atoms with Gasteiger partial charge in [-0.15, -0.1) is 0 Å². The van der Waals surface area contributed by atoms with Crippen molar-refractivity contribution < 1.29 is 19.4 Å². The van der Waals surface area contributed by atoms with Gasteiger partial charge in [-0.2, -0.15) is 0 Å². The number of hydrogen-bond acceptors (Lipinski definition) is 3. The van der Waals surface area contributed by atoms with Crippen LogP contribution in [0.3, 0.4) is 0 Å². The van der Waals surface area contributed by atoms with Crippen LogP contribution in [0.25, 0.3) is 0 Å². The number of methoxy groups -OCH3 is 1.